The van der Waals surface area contributed by atoms with Crippen LogP contribution in [0.25, 0.3) is 0 Å². The van der Waals surface area contributed by atoms with Crippen molar-refractivity contribution >= 4 is 23.2 Å². The highest BCUT2D eigenvalue weighted by molar-refractivity contribution is 7.14. The third-order valence-electron chi connectivity index (χ3n) is 4.81. The van der Waals surface area contributed by atoms with Crippen LogP contribution in [0.1, 0.15) is 44.6 Å². The van der Waals surface area contributed by atoms with Crippen LogP contribution in [0.5, 0.6) is 0 Å². The Morgan fingerprint density at radius 1 is 1.29 bits per heavy atom. The first-order valence-electron chi connectivity index (χ1n) is 8.08. The number of amides is 1. The van der Waals surface area contributed by atoms with Gasteiger partial charge in [-0.3, -0.25) is 4.79 Å². The minimum absolute atomic E-state index is 0.180. The summed E-state index contributed by atoms with van der Waals surface area (Å²) in [5, 5.41) is 17.6. The third kappa shape index (κ3) is 2.41. The number of aliphatic carboxylic acids is 1. The molecule has 2 aromatic rings. The summed E-state index contributed by atoms with van der Waals surface area (Å²) in [5.74, 6) is 0.103. The number of carbonyl (C=O) groups is 2. The first-order chi connectivity index (χ1) is 11.5. The van der Waals surface area contributed by atoms with Gasteiger partial charge in [0.25, 0.3) is 5.91 Å². The molecule has 0 bridgehead atoms. The van der Waals surface area contributed by atoms with E-state index in [1.807, 2.05) is 6.07 Å². The van der Waals surface area contributed by atoms with Crippen molar-refractivity contribution in [2.75, 3.05) is 0 Å². The summed E-state index contributed by atoms with van der Waals surface area (Å²) < 4.78 is 1.78. The second-order valence-electron chi connectivity index (χ2n) is 6.33. The highest BCUT2D eigenvalue weighted by Gasteiger charge is 2.37. The maximum atomic E-state index is 13.0. The molecule has 3 heterocycles. The van der Waals surface area contributed by atoms with Crippen LogP contribution in [0, 0.1) is 6.92 Å². The van der Waals surface area contributed by atoms with Crippen LogP contribution in [0.4, 0.5) is 0 Å². The van der Waals surface area contributed by atoms with Gasteiger partial charge in [0.2, 0.25) is 0 Å². The molecule has 0 radical (unpaired) electrons. The Morgan fingerprint density at radius 3 is 2.83 bits per heavy atom. The Balaban J connectivity index is 1.67. The number of aromatic nitrogens is 3. The summed E-state index contributed by atoms with van der Waals surface area (Å²) in [6, 6.07) is 1.06. The van der Waals surface area contributed by atoms with Crippen molar-refractivity contribution in [2.45, 2.75) is 51.7 Å². The molecule has 0 aromatic carbocycles. The van der Waals surface area contributed by atoms with E-state index in [1.54, 1.807) is 11.5 Å². The Labute approximate surface area is 142 Å². The first-order valence-corrected chi connectivity index (χ1v) is 8.90. The Kier molecular flexibility index (Phi) is 3.64. The monoisotopic (exact) mass is 346 g/mol. The SMILES string of the molecule is Cc1nnc2n1CC(C(=O)O)N(C(=O)c1cc3c(s1)CCCC3)C2. The third-order valence-corrected chi connectivity index (χ3v) is 6.03. The van der Waals surface area contributed by atoms with E-state index in [1.165, 1.54) is 26.7 Å². The molecule has 1 atom stereocenters. The molecular weight excluding hydrogens is 328 g/mol. The van der Waals surface area contributed by atoms with E-state index in [0.717, 1.165) is 25.7 Å². The lowest BCUT2D eigenvalue weighted by Gasteiger charge is -2.33. The molecule has 0 spiro atoms. The molecule has 1 aliphatic heterocycles. The van der Waals surface area contributed by atoms with E-state index in [-0.39, 0.29) is 19.0 Å². The molecule has 0 fully saturated rings. The summed E-state index contributed by atoms with van der Waals surface area (Å²) in [4.78, 5) is 28.0. The van der Waals surface area contributed by atoms with E-state index < -0.39 is 12.0 Å². The van der Waals surface area contributed by atoms with Gasteiger partial charge in [-0.05, 0) is 44.2 Å². The largest absolute Gasteiger partial charge is 0.480 e. The number of nitrogens with zero attached hydrogens (tertiary/aromatic N) is 4. The zero-order valence-electron chi connectivity index (χ0n) is 13.4. The predicted octanol–water partition coefficient (Wildman–Crippen LogP) is 1.64. The quantitative estimate of drug-likeness (QED) is 0.893. The average Bonchev–Trinajstić information content (AvgIpc) is 3.16. The molecule has 2 aliphatic rings. The van der Waals surface area contributed by atoms with Crippen molar-refractivity contribution in [3.63, 3.8) is 0 Å². The molecule has 1 unspecified atom stereocenters. The van der Waals surface area contributed by atoms with Crippen LogP contribution < -0.4 is 0 Å². The lowest BCUT2D eigenvalue weighted by Crippen LogP contribution is -2.50. The second kappa shape index (κ2) is 5.70. The molecule has 24 heavy (non-hydrogen) atoms. The standard InChI is InChI=1S/C16H18N4O3S/c1-9-17-18-14-8-20(11(16(22)23)7-19(9)14)15(21)13-6-10-4-2-3-5-12(10)24-13/h6,11H,2-5,7-8H2,1H3,(H,22,23). The number of carboxylic acids is 1. The van der Waals surface area contributed by atoms with E-state index in [9.17, 15) is 14.7 Å². The van der Waals surface area contributed by atoms with Gasteiger partial charge in [0.1, 0.15) is 11.9 Å². The second-order valence-corrected chi connectivity index (χ2v) is 7.46. The van der Waals surface area contributed by atoms with Gasteiger partial charge < -0.3 is 14.6 Å². The fraction of sp³-hybridized carbons (Fsp3) is 0.500. The number of hydrogen-bond acceptors (Lipinski definition) is 5. The molecule has 1 aliphatic carbocycles. The number of carbonyl (C=O) groups excluding carboxylic acids is 1. The van der Waals surface area contributed by atoms with Crippen LogP contribution in [-0.2, 0) is 30.7 Å². The van der Waals surface area contributed by atoms with Crippen molar-refractivity contribution in [1.82, 2.24) is 19.7 Å². The normalized spacial score (nSPS) is 19.7. The summed E-state index contributed by atoms with van der Waals surface area (Å²) in [7, 11) is 0. The average molecular weight is 346 g/mol. The Hall–Kier alpha value is -2.22. The van der Waals surface area contributed by atoms with Crippen molar-refractivity contribution in [2.24, 2.45) is 0 Å². The maximum Gasteiger partial charge on any atom is 0.328 e. The molecule has 4 rings (SSSR count). The lowest BCUT2D eigenvalue weighted by atomic mass is 9.99. The van der Waals surface area contributed by atoms with Gasteiger partial charge in [0.15, 0.2) is 5.82 Å². The molecule has 0 saturated carbocycles. The smallest absolute Gasteiger partial charge is 0.328 e. The van der Waals surface area contributed by atoms with Gasteiger partial charge in [-0.25, -0.2) is 4.79 Å². The van der Waals surface area contributed by atoms with Crippen LogP contribution in [0.2, 0.25) is 0 Å². The van der Waals surface area contributed by atoms with Gasteiger partial charge in [-0.2, -0.15) is 0 Å². The minimum atomic E-state index is -0.997. The molecule has 0 saturated heterocycles. The number of aryl methyl sites for hydroxylation is 3. The van der Waals surface area contributed by atoms with Crippen molar-refractivity contribution in [3.8, 4) is 0 Å². The Bertz CT molecular complexity index is 802. The minimum Gasteiger partial charge on any atom is -0.480 e. The summed E-state index contributed by atoms with van der Waals surface area (Å²) in [6.07, 6.45) is 4.34. The molecule has 7 nitrogen and oxygen atoms in total. The lowest BCUT2D eigenvalue weighted by molar-refractivity contribution is -0.143. The Morgan fingerprint density at radius 2 is 2.08 bits per heavy atom. The van der Waals surface area contributed by atoms with Crippen molar-refractivity contribution < 1.29 is 14.7 Å². The van der Waals surface area contributed by atoms with Gasteiger partial charge in [-0.15, -0.1) is 21.5 Å². The van der Waals surface area contributed by atoms with E-state index >= 15 is 0 Å². The molecule has 8 heteroatoms. The predicted molar refractivity (Wildman–Crippen MR) is 87.0 cm³/mol. The summed E-state index contributed by atoms with van der Waals surface area (Å²) in [6.45, 7) is 2.17. The first kappa shape index (κ1) is 15.3. The van der Waals surface area contributed by atoms with E-state index in [0.29, 0.717) is 16.5 Å². The van der Waals surface area contributed by atoms with Gasteiger partial charge >= 0.3 is 5.97 Å². The fourth-order valence-electron chi connectivity index (χ4n) is 3.48. The van der Waals surface area contributed by atoms with Crippen molar-refractivity contribution in [1.29, 1.82) is 0 Å². The van der Waals surface area contributed by atoms with E-state index in [4.69, 9.17) is 0 Å². The van der Waals surface area contributed by atoms with E-state index in [2.05, 4.69) is 10.2 Å². The fourth-order valence-corrected chi connectivity index (χ4v) is 4.69. The zero-order chi connectivity index (χ0) is 16.8. The topological polar surface area (TPSA) is 88.3 Å². The molecule has 1 amide bonds. The number of carboxylic acid groups (broad SMARTS) is 1. The number of rotatable bonds is 2. The summed E-state index contributed by atoms with van der Waals surface area (Å²) in [5.41, 5.74) is 1.25. The molecular formula is C16H18N4O3S. The van der Waals surface area contributed by atoms with Gasteiger partial charge in [-0.1, -0.05) is 0 Å². The van der Waals surface area contributed by atoms with Crippen LogP contribution in [-0.4, -0.2) is 42.7 Å². The molecule has 2 aromatic heterocycles. The molecule has 126 valence electrons. The molecule has 1 N–H and O–H groups in total. The van der Waals surface area contributed by atoms with Crippen LogP contribution in [0.15, 0.2) is 6.07 Å². The van der Waals surface area contributed by atoms with Crippen LogP contribution >= 0.6 is 11.3 Å². The van der Waals surface area contributed by atoms with Gasteiger partial charge in [0.05, 0.1) is 18.0 Å². The number of hydrogen-bond donors (Lipinski definition) is 1. The summed E-state index contributed by atoms with van der Waals surface area (Å²) >= 11 is 1.51. The number of thiophene rings is 1. The maximum absolute atomic E-state index is 13.0. The van der Waals surface area contributed by atoms with Crippen molar-refractivity contribution in [3.05, 3.63) is 33.0 Å². The zero-order valence-corrected chi connectivity index (χ0v) is 14.2. The highest BCUT2D eigenvalue weighted by atomic mass is 32.1. The number of fused-ring (bicyclic) bond motifs is 2. The van der Waals surface area contributed by atoms with Crippen LogP contribution in [0.3, 0.4) is 0 Å². The van der Waals surface area contributed by atoms with Gasteiger partial charge in [0, 0.05) is 4.88 Å². The highest BCUT2D eigenvalue weighted by Crippen LogP contribution is 2.31.